The Bertz CT molecular complexity index is 1280. The van der Waals surface area contributed by atoms with E-state index in [1.165, 1.54) is 24.7 Å². The molecule has 0 fully saturated rings. The molecule has 0 unspecified atom stereocenters. The van der Waals surface area contributed by atoms with Crippen LogP contribution in [0, 0.1) is 18.6 Å². The van der Waals surface area contributed by atoms with Crippen LogP contribution in [0.15, 0.2) is 42.9 Å². The summed E-state index contributed by atoms with van der Waals surface area (Å²) in [5.41, 5.74) is 0.159. The van der Waals surface area contributed by atoms with Crippen molar-refractivity contribution in [1.82, 2.24) is 14.7 Å². The van der Waals surface area contributed by atoms with Crippen molar-refractivity contribution >= 4 is 27.4 Å². The zero-order chi connectivity index (χ0) is 24.4. The lowest BCUT2D eigenvalue weighted by Crippen LogP contribution is -2.27. The molecule has 0 bridgehead atoms. The normalized spacial score (nSPS) is 12.0. The van der Waals surface area contributed by atoms with Gasteiger partial charge in [0, 0.05) is 25.9 Å². The van der Waals surface area contributed by atoms with E-state index in [-0.39, 0.29) is 17.7 Å². The average Bonchev–Trinajstić information content (AvgIpc) is 2.74. The second-order valence-corrected chi connectivity index (χ2v) is 8.53. The largest absolute Gasteiger partial charge is 0.416 e. The predicted molar refractivity (Wildman–Crippen MR) is 112 cm³/mol. The van der Waals surface area contributed by atoms with Gasteiger partial charge in [0.05, 0.1) is 23.1 Å². The standard InChI is InChI=1S/C20H18F5N5O2S/c1-11-13(7-12-5-6-28-19(18(12)22)30-33(31,32)26-2)9-27-10-17(11)29-16-4-3-14(8-15(16)21)20(23,24)25/h3-6,8-10,26,29H,7H2,1-2H3,(H,28,30). The van der Waals surface area contributed by atoms with Gasteiger partial charge in [-0.25, -0.2) is 18.5 Å². The van der Waals surface area contributed by atoms with Crippen LogP contribution in [-0.2, 0) is 22.8 Å². The van der Waals surface area contributed by atoms with Gasteiger partial charge in [-0.3, -0.25) is 9.71 Å². The van der Waals surface area contributed by atoms with Crippen LogP contribution in [0.4, 0.5) is 39.1 Å². The molecule has 33 heavy (non-hydrogen) atoms. The number of aromatic nitrogens is 2. The van der Waals surface area contributed by atoms with Gasteiger partial charge in [0.15, 0.2) is 11.6 Å². The summed E-state index contributed by atoms with van der Waals surface area (Å²) in [5.74, 6) is -2.48. The van der Waals surface area contributed by atoms with Gasteiger partial charge in [0.1, 0.15) is 5.82 Å². The first kappa shape index (κ1) is 24.3. The fourth-order valence-corrected chi connectivity index (χ4v) is 3.38. The summed E-state index contributed by atoms with van der Waals surface area (Å²) >= 11 is 0. The van der Waals surface area contributed by atoms with Crippen molar-refractivity contribution in [2.24, 2.45) is 0 Å². The van der Waals surface area contributed by atoms with Gasteiger partial charge >= 0.3 is 6.18 Å². The highest BCUT2D eigenvalue weighted by atomic mass is 32.2. The zero-order valence-corrected chi connectivity index (χ0v) is 18.1. The fourth-order valence-electron chi connectivity index (χ4n) is 2.89. The van der Waals surface area contributed by atoms with Crippen molar-refractivity contribution in [1.29, 1.82) is 0 Å². The minimum Gasteiger partial charge on any atom is -0.352 e. The van der Waals surface area contributed by atoms with Gasteiger partial charge in [0.25, 0.3) is 10.2 Å². The lowest BCUT2D eigenvalue weighted by atomic mass is 10.0. The number of rotatable bonds is 7. The Kier molecular flexibility index (Phi) is 6.84. The first-order valence-corrected chi connectivity index (χ1v) is 10.8. The molecule has 0 atom stereocenters. The van der Waals surface area contributed by atoms with Gasteiger partial charge in [-0.2, -0.15) is 21.6 Å². The second kappa shape index (κ2) is 9.27. The number of nitrogens with zero attached hydrogens (tertiary/aromatic N) is 2. The molecule has 0 amide bonds. The molecule has 3 rings (SSSR count). The molecular weight excluding hydrogens is 469 g/mol. The molecule has 0 spiro atoms. The van der Waals surface area contributed by atoms with E-state index in [9.17, 15) is 30.4 Å². The fraction of sp³-hybridized carbons (Fsp3) is 0.200. The molecule has 7 nitrogen and oxygen atoms in total. The maximum absolute atomic E-state index is 14.8. The number of alkyl halides is 3. The number of benzene rings is 1. The summed E-state index contributed by atoms with van der Waals surface area (Å²) in [6, 6.07) is 3.46. The first-order chi connectivity index (χ1) is 15.4. The highest BCUT2D eigenvalue weighted by molar-refractivity contribution is 7.90. The van der Waals surface area contributed by atoms with Crippen LogP contribution in [0.25, 0.3) is 0 Å². The van der Waals surface area contributed by atoms with E-state index < -0.39 is 39.4 Å². The Morgan fingerprint density at radius 1 is 1.03 bits per heavy atom. The molecule has 0 aliphatic carbocycles. The molecule has 176 valence electrons. The maximum Gasteiger partial charge on any atom is 0.416 e. The number of anilines is 3. The summed E-state index contributed by atoms with van der Waals surface area (Å²) in [7, 11) is -2.83. The zero-order valence-electron chi connectivity index (χ0n) is 17.3. The quantitative estimate of drug-likeness (QED) is 0.432. The van der Waals surface area contributed by atoms with E-state index in [1.807, 2.05) is 9.44 Å². The predicted octanol–water partition coefficient (Wildman–Crippen LogP) is 4.29. The van der Waals surface area contributed by atoms with Crippen LogP contribution in [0.2, 0.25) is 0 Å². The number of hydrogen-bond donors (Lipinski definition) is 3. The van der Waals surface area contributed by atoms with Gasteiger partial charge in [0.2, 0.25) is 0 Å². The van der Waals surface area contributed by atoms with E-state index in [4.69, 9.17) is 0 Å². The third kappa shape index (κ3) is 5.73. The van der Waals surface area contributed by atoms with E-state index in [2.05, 4.69) is 15.3 Å². The molecule has 0 saturated carbocycles. The third-order valence-corrected chi connectivity index (χ3v) is 5.73. The Labute approximate surface area is 186 Å². The molecule has 0 aliphatic heterocycles. The Morgan fingerprint density at radius 3 is 2.39 bits per heavy atom. The van der Waals surface area contributed by atoms with Crippen molar-refractivity contribution in [3.8, 4) is 0 Å². The van der Waals surface area contributed by atoms with E-state index in [1.54, 1.807) is 6.92 Å². The number of halogens is 5. The lowest BCUT2D eigenvalue weighted by molar-refractivity contribution is -0.137. The first-order valence-electron chi connectivity index (χ1n) is 9.33. The maximum atomic E-state index is 14.8. The van der Waals surface area contributed by atoms with Crippen molar-refractivity contribution in [3.05, 3.63) is 76.7 Å². The molecule has 3 N–H and O–H groups in total. The number of hydrogen-bond acceptors (Lipinski definition) is 5. The van der Waals surface area contributed by atoms with Crippen LogP contribution < -0.4 is 14.8 Å². The summed E-state index contributed by atoms with van der Waals surface area (Å²) in [6.07, 6.45) is -0.654. The van der Waals surface area contributed by atoms with E-state index in [0.29, 0.717) is 22.9 Å². The third-order valence-electron chi connectivity index (χ3n) is 4.74. The summed E-state index contributed by atoms with van der Waals surface area (Å²) in [6.45, 7) is 1.64. The average molecular weight is 487 g/mol. The van der Waals surface area contributed by atoms with Gasteiger partial charge < -0.3 is 5.32 Å². The Balaban J connectivity index is 1.87. The summed E-state index contributed by atoms with van der Waals surface area (Å²) < 4.78 is 94.5. The Morgan fingerprint density at radius 2 is 1.76 bits per heavy atom. The molecule has 2 aromatic heterocycles. The van der Waals surface area contributed by atoms with Crippen molar-refractivity contribution in [3.63, 3.8) is 0 Å². The number of nitrogens with one attached hydrogen (secondary N) is 3. The van der Waals surface area contributed by atoms with Crippen LogP contribution in [0.1, 0.15) is 22.3 Å². The van der Waals surface area contributed by atoms with Gasteiger partial charge in [-0.1, -0.05) is 0 Å². The molecule has 1 aromatic carbocycles. The lowest BCUT2D eigenvalue weighted by Gasteiger charge is -2.15. The molecule has 2 heterocycles. The molecule has 13 heteroatoms. The van der Waals surface area contributed by atoms with Crippen molar-refractivity contribution in [2.75, 3.05) is 17.1 Å². The molecule has 3 aromatic rings. The van der Waals surface area contributed by atoms with Crippen LogP contribution in [0.5, 0.6) is 0 Å². The SMILES string of the molecule is CNS(=O)(=O)Nc1nccc(Cc2cncc(Nc3ccc(C(F)(F)F)cc3F)c2C)c1F. The van der Waals surface area contributed by atoms with Crippen LogP contribution >= 0.6 is 0 Å². The highest BCUT2D eigenvalue weighted by Gasteiger charge is 2.31. The smallest absolute Gasteiger partial charge is 0.352 e. The molecule has 0 aliphatic rings. The van der Waals surface area contributed by atoms with Crippen molar-refractivity contribution < 1.29 is 30.4 Å². The minimum absolute atomic E-state index is 0.00746. The van der Waals surface area contributed by atoms with Gasteiger partial charge in [-0.15, -0.1) is 0 Å². The van der Waals surface area contributed by atoms with Gasteiger partial charge in [-0.05, 0) is 47.9 Å². The molecule has 0 radical (unpaired) electrons. The second-order valence-electron chi connectivity index (χ2n) is 6.91. The van der Waals surface area contributed by atoms with E-state index >= 15 is 0 Å². The summed E-state index contributed by atoms with van der Waals surface area (Å²) in [4.78, 5) is 7.71. The van der Waals surface area contributed by atoms with Crippen molar-refractivity contribution in [2.45, 2.75) is 19.5 Å². The van der Waals surface area contributed by atoms with Crippen LogP contribution in [0.3, 0.4) is 0 Å². The number of pyridine rings is 2. The monoisotopic (exact) mass is 487 g/mol. The van der Waals surface area contributed by atoms with Crippen LogP contribution in [-0.4, -0.2) is 25.4 Å². The highest BCUT2D eigenvalue weighted by Crippen LogP contribution is 2.33. The minimum atomic E-state index is -4.67. The topological polar surface area (TPSA) is 96.0 Å². The molecule has 0 saturated heterocycles. The Hall–Kier alpha value is -3.32. The molecular formula is C20H18F5N5O2S. The summed E-state index contributed by atoms with van der Waals surface area (Å²) in [5, 5.41) is 2.70. The van der Waals surface area contributed by atoms with E-state index in [0.717, 1.165) is 19.2 Å².